The van der Waals surface area contributed by atoms with Gasteiger partial charge in [-0.1, -0.05) is 23.7 Å². The van der Waals surface area contributed by atoms with E-state index < -0.39 is 11.2 Å². The van der Waals surface area contributed by atoms with E-state index in [-0.39, 0.29) is 5.02 Å². The average Bonchev–Trinajstić information content (AvgIpc) is 2.68. The lowest BCUT2D eigenvalue weighted by Crippen LogP contribution is -2.35. The van der Waals surface area contributed by atoms with Crippen LogP contribution < -0.4 is 11.2 Å². The van der Waals surface area contributed by atoms with Gasteiger partial charge in [-0.2, -0.15) is 0 Å². The molecule has 0 N–H and O–H groups in total. The largest absolute Gasteiger partial charge is 0.337 e. The Morgan fingerprint density at radius 1 is 1.00 bits per heavy atom. The van der Waals surface area contributed by atoms with Crippen LogP contribution in [0.4, 0.5) is 0 Å². The second kappa shape index (κ2) is 3.49. The molecule has 0 aliphatic carbocycles. The lowest BCUT2D eigenvalue weighted by atomic mass is 10.3. The van der Waals surface area contributed by atoms with Crippen LogP contribution in [0.5, 0.6) is 0 Å². The molecule has 1 aromatic carbocycles. The Bertz CT molecular complexity index is 901. The van der Waals surface area contributed by atoms with Crippen LogP contribution in [0.2, 0.25) is 5.02 Å². The molecule has 0 atom stereocenters. The molecular weight excluding hydrogens is 254 g/mol. The van der Waals surface area contributed by atoms with Gasteiger partial charge in [-0.25, -0.2) is 9.20 Å². The monoisotopic (exact) mass is 263 g/mol. The molecule has 0 unspecified atom stereocenters. The molecule has 0 spiro atoms. The molecule has 0 amide bonds. The lowest BCUT2D eigenvalue weighted by Gasteiger charge is -2.02. The fourth-order valence-electron chi connectivity index (χ4n) is 2.23. The second-order valence-corrected chi connectivity index (χ2v) is 4.55. The number of para-hydroxylation sites is 2. The standard InChI is InChI=1S/C12H10ClN3O2/c1-14-7-5-3-4-6-8(7)16-10(14)9(13)11(17)15(2)12(16)18/h3-6H,1-2H3. The minimum Gasteiger partial charge on any atom is -0.327 e. The molecule has 18 heavy (non-hydrogen) atoms. The van der Waals surface area contributed by atoms with Crippen LogP contribution in [-0.2, 0) is 14.1 Å². The predicted octanol–water partition coefficient (Wildman–Crippen LogP) is 1.14. The number of rotatable bonds is 0. The third kappa shape index (κ3) is 1.17. The van der Waals surface area contributed by atoms with Crippen molar-refractivity contribution in [2.75, 3.05) is 0 Å². The molecule has 0 fully saturated rings. The summed E-state index contributed by atoms with van der Waals surface area (Å²) in [5.74, 6) is 0. The highest BCUT2D eigenvalue weighted by Gasteiger charge is 2.16. The zero-order valence-corrected chi connectivity index (χ0v) is 10.6. The van der Waals surface area contributed by atoms with Crippen molar-refractivity contribution in [1.29, 1.82) is 0 Å². The van der Waals surface area contributed by atoms with E-state index >= 15 is 0 Å². The van der Waals surface area contributed by atoms with Crippen LogP contribution in [0.15, 0.2) is 33.9 Å². The van der Waals surface area contributed by atoms with Crippen LogP contribution >= 0.6 is 11.6 Å². The van der Waals surface area contributed by atoms with Crippen molar-refractivity contribution in [3.05, 3.63) is 50.1 Å². The number of fused-ring (bicyclic) bond motifs is 3. The summed E-state index contributed by atoms with van der Waals surface area (Å²) in [6, 6.07) is 7.42. The maximum atomic E-state index is 12.2. The van der Waals surface area contributed by atoms with Crippen LogP contribution in [0.1, 0.15) is 0 Å². The summed E-state index contributed by atoms with van der Waals surface area (Å²) < 4.78 is 4.22. The zero-order valence-electron chi connectivity index (χ0n) is 9.85. The topological polar surface area (TPSA) is 48.4 Å². The van der Waals surface area contributed by atoms with E-state index in [0.717, 1.165) is 15.6 Å². The van der Waals surface area contributed by atoms with Crippen LogP contribution in [0.3, 0.4) is 0 Å². The fourth-order valence-corrected chi connectivity index (χ4v) is 2.57. The van der Waals surface area contributed by atoms with Crippen molar-refractivity contribution in [2.45, 2.75) is 0 Å². The highest BCUT2D eigenvalue weighted by Crippen LogP contribution is 2.20. The number of benzene rings is 1. The maximum Gasteiger partial charge on any atom is 0.337 e. The van der Waals surface area contributed by atoms with Crippen molar-refractivity contribution in [3.63, 3.8) is 0 Å². The first-order chi connectivity index (χ1) is 8.54. The quantitative estimate of drug-likeness (QED) is 0.611. The van der Waals surface area contributed by atoms with Crippen LogP contribution in [0, 0.1) is 0 Å². The summed E-state index contributed by atoms with van der Waals surface area (Å²) >= 11 is 6.07. The highest BCUT2D eigenvalue weighted by molar-refractivity contribution is 6.33. The van der Waals surface area contributed by atoms with E-state index in [1.807, 2.05) is 24.3 Å². The first-order valence-corrected chi connectivity index (χ1v) is 5.76. The van der Waals surface area contributed by atoms with E-state index in [1.165, 1.54) is 11.4 Å². The summed E-state index contributed by atoms with van der Waals surface area (Å²) in [4.78, 5) is 24.0. The third-order valence-electron chi connectivity index (χ3n) is 3.18. The molecule has 3 aromatic rings. The van der Waals surface area contributed by atoms with Gasteiger partial charge in [-0.15, -0.1) is 0 Å². The molecule has 0 bridgehead atoms. The summed E-state index contributed by atoms with van der Waals surface area (Å²) in [6.07, 6.45) is 0. The SMILES string of the molecule is Cn1c(=O)c(Cl)c2n(C)c3ccccc3n2c1=O. The molecular formula is C12H10ClN3O2. The summed E-state index contributed by atoms with van der Waals surface area (Å²) in [5, 5.41) is 0.0517. The number of halogens is 1. The number of aromatic nitrogens is 3. The fraction of sp³-hybridized carbons (Fsp3) is 0.167. The lowest BCUT2D eigenvalue weighted by molar-refractivity contribution is 0.759. The Morgan fingerprint density at radius 2 is 1.61 bits per heavy atom. The van der Waals surface area contributed by atoms with E-state index in [1.54, 1.807) is 11.6 Å². The summed E-state index contributed by atoms with van der Waals surface area (Å²) in [7, 11) is 3.20. The van der Waals surface area contributed by atoms with E-state index in [4.69, 9.17) is 11.6 Å². The molecule has 2 aromatic heterocycles. The van der Waals surface area contributed by atoms with Crippen LogP contribution in [-0.4, -0.2) is 13.5 Å². The van der Waals surface area contributed by atoms with Gasteiger partial charge >= 0.3 is 5.69 Å². The Kier molecular flexibility index (Phi) is 2.15. The van der Waals surface area contributed by atoms with Gasteiger partial charge in [0.2, 0.25) is 0 Å². The minimum atomic E-state index is -0.479. The van der Waals surface area contributed by atoms with Crippen molar-refractivity contribution < 1.29 is 0 Å². The van der Waals surface area contributed by atoms with E-state index in [0.29, 0.717) is 5.65 Å². The molecule has 6 heteroatoms. The number of nitrogens with zero attached hydrogens (tertiary/aromatic N) is 3. The molecule has 0 aliphatic rings. The maximum absolute atomic E-state index is 12.2. The first-order valence-electron chi connectivity index (χ1n) is 5.38. The molecule has 0 radical (unpaired) electrons. The zero-order chi connectivity index (χ0) is 13.0. The minimum absolute atomic E-state index is 0.0517. The van der Waals surface area contributed by atoms with Gasteiger partial charge in [0.25, 0.3) is 5.56 Å². The Labute approximate surface area is 106 Å². The third-order valence-corrected chi connectivity index (χ3v) is 3.51. The molecule has 0 saturated heterocycles. The second-order valence-electron chi connectivity index (χ2n) is 4.17. The van der Waals surface area contributed by atoms with Gasteiger partial charge in [-0.3, -0.25) is 9.36 Å². The molecule has 0 saturated carbocycles. The number of aryl methyl sites for hydroxylation is 1. The van der Waals surface area contributed by atoms with Crippen molar-refractivity contribution in [2.24, 2.45) is 14.1 Å². The van der Waals surface area contributed by atoms with E-state index in [9.17, 15) is 9.59 Å². The molecule has 3 rings (SSSR count). The van der Waals surface area contributed by atoms with Gasteiger partial charge in [0.05, 0.1) is 11.0 Å². The molecule has 0 aliphatic heterocycles. The van der Waals surface area contributed by atoms with Crippen molar-refractivity contribution in [3.8, 4) is 0 Å². The molecule has 5 nitrogen and oxygen atoms in total. The summed E-state index contributed by atoms with van der Waals surface area (Å²) in [6.45, 7) is 0. The average molecular weight is 264 g/mol. The first kappa shape index (κ1) is 11.1. The normalized spacial score (nSPS) is 11.5. The van der Waals surface area contributed by atoms with Crippen molar-refractivity contribution in [1.82, 2.24) is 13.5 Å². The number of imidazole rings is 1. The van der Waals surface area contributed by atoms with Crippen molar-refractivity contribution >= 4 is 28.3 Å². The summed E-state index contributed by atoms with van der Waals surface area (Å²) in [5.41, 5.74) is 1.13. The van der Waals surface area contributed by atoms with Crippen LogP contribution in [0.25, 0.3) is 16.7 Å². The predicted molar refractivity (Wildman–Crippen MR) is 70.4 cm³/mol. The van der Waals surface area contributed by atoms with Gasteiger partial charge in [0, 0.05) is 14.1 Å². The Hall–Kier alpha value is -2.01. The van der Waals surface area contributed by atoms with Gasteiger partial charge in [-0.05, 0) is 12.1 Å². The highest BCUT2D eigenvalue weighted by atomic mass is 35.5. The number of hydrogen-bond donors (Lipinski definition) is 0. The smallest absolute Gasteiger partial charge is 0.327 e. The van der Waals surface area contributed by atoms with E-state index in [2.05, 4.69) is 0 Å². The molecule has 92 valence electrons. The van der Waals surface area contributed by atoms with Gasteiger partial charge in [0.1, 0.15) is 10.7 Å². The molecule has 2 heterocycles. The Balaban J connectivity index is 2.83. The number of hydrogen-bond acceptors (Lipinski definition) is 2. The van der Waals surface area contributed by atoms with Gasteiger partial charge < -0.3 is 4.57 Å². The van der Waals surface area contributed by atoms with Gasteiger partial charge in [0.15, 0.2) is 0 Å². The Morgan fingerprint density at radius 3 is 2.28 bits per heavy atom.